The second-order valence-corrected chi connectivity index (χ2v) is 11.1. The van der Waals surface area contributed by atoms with Gasteiger partial charge in [0.25, 0.3) is 10.2 Å². The molecule has 0 bridgehead atoms. The Kier molecular flexibility index (Phi) is 6.98. The van der Waals surface area contributed by atoms with Crippen molar-refractivity contribution >= 4 is 16.1 Å². The number of likely N-dealkylation sites (N-methyl/N-ethyl adjacent to an activating group) is 1. The Bertz CT molecular complexity index is 856. The standard InChI is InChI=1S/C22H35N5O3S/c1-18-3-5-19(6-4-18)22(20-7-8-20)23-21(28)17-25-11-15-27(16-12-25)31(29,30)26-13-9-24(2)10-14-26/h3-6,20,22H,7-17H2,1-2H3,(H,23,28). The van der Waals surface area contributed by atoms with E-state index in [2.05, 4.69) is 46.3 Å². The monoisotopic (exact) mass is 449 g/mol. The lowest BCUT2D eigenvalue weighted by molar-refractivity contribution is -0.123. The maximum absolute atomic E-state index is 12.9. The van der Waals surface area contributed by atoms with E-state index in [1.165, 1.54) is 11.1 Å². The summed E-state index contributed by atoms with van der Waals surface area (Å²) in [5.41, 5.74) is 2.39. The van der Waals surface area contributed by atoms with E-state index in [4.69, 9.17) is 0 Å². The first-order chi connectivity index (χ1) is 14.8. The average molecular weight is 450 g/mol. The number of nitrogens with one attached hydrogen (secondary N) is 1. The Morgan fingerprint density at radius 2 is 1.52 bits per heavy atom. The van der Waals surface area contributed by atoms with Crippen molar-refractivity contribution in [2.45, 2.75) is 25.8 Å². The first-order valence-corrected chi connectivity index (χ1v) is 12.7. The molecule has 31 heavy (non-hydrogen) atoms. The zero-order valence-electron chi connectivity index (χ0n) is 18.7. The highest BCUT2D eigenvalue weighted by atomic mass is 32.2. The molecule has 1 saturated carbocycles. The van der Waals surface area contributed by atoms with Crippen LogP contribution in [0.2, 0.25) is 0 Å². The van der Waals surface area contributed by atoms with Gasteiger partial charge in [-0.3, -0.25) is 9.69 Å². The van der Waals surface area contributed by atoms with Crippen molar-refractivity contribution in [3.63, 3.8) is 0 Å². The minimum Gasteiger partial charge on any atom is -0.348 e. The molecule has 4 rings (SSSR count). The van der Waals surface area contributed by atoms with Crippen molar-refractivity contribution in [2.24, 2.45) is 5.92 Å². The molecule has 1 aliphatic carbocycles. The fraction of sp³-hybridized carbons (Fsp3) is 0.682. The SMILES string of the molecule is Cc1ccc(C(NC(=O)CN2CCN(S(=O)(=O)N3CCN(C)CC3)CC2)C2CC2)cc1. The number of carbonyl (C=O) groups is 1. The van der Waals surface area contributed by atoms with Crippen LogP contribution in [0.1, 0.15) is 30.0 Å². The van der Waals surface area contributed by atoms with Crippen LogP contribution < -0.4 is 5.32 Å². The predicted octanol–water partition coefficient (Wildman–Crippen LogP) is 0.672. The third kappa shape index (κ3) is 5.64. The molecule has 1 atom stereocenters. The first-order valence-electron chi connectivity index (χ1n) is 11.3. The zero-order valence-corrected chi connectivity index (χ0v) is 19.5. The molecule has 8 nitrogen and oxygen atoms in total. The second-order valence-electron chi connectivity index (χ2n) is 9.18. The molecule has 0 radical (unpaired) electrons. The Hall–Kier alpha value is -1.52. The summed E-state index contributed by atoms with van der Waals surface area (Å²) in [6.45, 7) is 7.04. The van der Waals surface area contributed by atoms with Gasteiger partial charge in [-0.1, -0.05) is 29.8 Å². The molecular weight excluding hydrogens is 414 g/mol. The molecule has 172 valence electrons. The predicted molar refractivity (Wildman–Crippen MR) is 121 cm³/mol. The van der Waals surface area contributed by atoms with Gasteiger partial charge in [-0.05, 0) is 38.3 Å². The minimum absolute atomic E-state index is 0.0212. The third-order valence-electron chi connectivity index (χ3n) is 6.66. The van der Waals surface area contributed by atoms with E-state index < -0.39 is 10.2 Å². The van der Waals surface area contributed by atoms with Crippen LogP contribution in [0.25, 0.3) is 0 Å². The molecule has 0 spiro atoms. The molecule has 1 N–H and O–H groups in total. The van der Waals surface area contributed by atoms with Crippen LogP contribution in [0.3, 0.4) is 0 Å². The van der Waals surface area contributed by atoms with Crippen molar-refractivity contribution < 1.29 is 13.2 Å². The van der Waals surface area contributed by atoms with Gasteiger partial charge in [-0.15, -0.1) is 0 Å². The summed E-state index contributed by atoms with van der Waals surface area (Å²) in [5.74, 6) is 0.546. The lowest BCUT2D eigenvalue weighted by Gasteiger charge is -2.39. The first kappa shape index (κ1) is 22.7. The van der Waals surface area contributed by atoms with Crippen LogP contribution in [0.4, 0.5) is 0 Å². The fourth-order valence-corrected chi connectivity index (χ4v) is 5.98. The molecular formula is C22H35N5O3S. The molecule has 9 heteroatoms. The zero-order chi connectivity index (χ0) is 22.0. The van der Waals surface area contributed by atoms with Crippen LogP contribution in [0.5, 0.6) is 0 Å². The number of aryl methyl sites for hydroxylation is 1. The maximum atomic E-state index is 12.9. The number of carbonyl (C=O) groups excluding carboxylic acids is 1. The largest absolute Gasteiger partial charge is 0.348 e. The van der Waals surface area contributed by atoms with Crippen molar-refractivity contribution in [3.05, 3.63) is 35.4 Å². The lowest BCUT2D eigenvalue weighted by Crippen LogP contribution is -2.57. The Labute approximate surface area is 186 Å². The van der Waals surface area contributed by atoms with Gasteiger partial charge in [0.15, 0.2) is 0 Å². The highest BCUT2D eigenvalue weighted by Gasteiger charge is 2.36. The van der Waals surface area contributed by atoms with E-state index >= 15 is 0 Å². The van der Waals surface area contributed by atoms with Gasteiger partial charge in [0, 0.05) is 52.4 Å². The number of piperazine rings is 2. The van der Waals surface area contributed by atoms with Crippen LogP contribution >= 0.6 is 0 Å². The normalized spacial score (nSPS) is 23.5. The van der Waals surface area contributed by atoms with Gasteiger partial charge in [0.1, 0.15) is 0 Å². The second kappa shape index (κ2) is 9.54. The van der Waals surface area contributed by atoms with Gasteiger partial charge in [0.05, 0.1) is 12.6 Å². The summed E-state index contributed by atoms with van der Waals surface area (Å²) in [5, 5.41) is 3.23. The Morgan fingerprint density at radius 3 is 2.06 bits per heavy atom. The fourth-order valence-electron chi connectivity index (χ4n) is 4.40. The third-order valence-corrected chi connectivity index (χ3v) is 8.70. The smallest absolute Gasteiger partial charge is 0.282 e. The molecule has 3 fully saturated rings. The van der Waals surface area contributed by atoms with Crippen LogP contribution in [0, 0.1) is 12.8 Å². The van der Waals surface area contributed by atoms with E-state index in [0.717, 1.165) is 25.9 Å². The van der Waals surface area contributed by atoms with E-state index in [9.17, 15) is 13.2 Å². The van der Waals surface area contributed by atoms with Crippen molar-refractivity contribution in [1.29, 1.82) is 0 Å². The lowest BCUT2D eigenvalue weighted by atomic mass is 10.0. The van der Waals surface area contributed by atoms with Crippen LogP contribution in [-0.2, 0) is 15.0 Å². The Balaban J connectivity index is 1.27. The molecule has 1 aromatic carbocycles. The molecule has 1 aromatic rings. The Morgan fingerprint density at radius 1 is 0.968 bits per heavy atom. The van der Waals surface area contributed by atoms with E-state index in [-0.39, 0.29) is 11.9 Å². The summed E-state index contributed by atoms with van der Waals surface area (Å²) < 4.78 is 29.0. The number of benzene rings is 1. The van der Waals surface area contributed by atoms with Gasteiger partial charge in [0.2, 0.25) is 5.91 Å². The van der Waals surface area contributed by atoms with E-state index in [1.54, 1.807) is 8.61 Å². The van der Waals surface area contributed by atoms with E-state index in [1.807, 2.05) is 7.05 Å². The molecule has 2 saturated heterocycles. The average Bonchev–Trinajstić information content (AvgIpc) is 3.59. The minimum atomic E-state index is -3.41. The van der Waals surface area contributed by atoms with Gasteiger partial charge >= 0.3 is 0 Å². The number of hydrogen-bond acceptors (Lipinski definition) is 5. The summed E-state index contributed by atoms with van der Waals surface area (Å²) in [6.07, 6.45) is 2.31. The van der Waals surface area contributed by atoms with Crippen LogP contribution in [0.15, 0.2) is 24.3 Å². The topological polar surface area (TPSA) is 76.2 Å². The molecule has 1 unspecified atom stereocenters. The van der Waals surface area contributed by atoms with Crippen LogP contribution in [-0.4, -0.2) is 98.7 Å². The maximum Gasteiger partial charge on any atom is 0.282 e. The van der Waals surface area contributed by atoms with Gasteiger partial charge in [-0.2, -0.15) is 17.0 Å². The summed E-state index contributed by atoms with van der Waals surface area (Å²) in [6, 6.07) is 8.49. The van der Waals surface area contributed by atoms with Crippen molar-refractivity contribution in [2.75, 3.05) is 66.0 Å². The number of rotatable bonds is 7. The van der Waals surface area contributed by atoms with Gasteiger partial charge in [-0.25, -0.2) is 0 Å². The number of hydrogen-bond donors (Lipinski definition) is 1. The quantitative estimate of drug-likeness (QED) is 0.662. The molecule has 1 amide bonds. The summed E-state index contributed by atoms with van der Waals surface area (Å²) in [7, 11) is -1.39. The molecule has 3 aliphatic rings. The van der Waals surface area contributed by atoms with Crippen molar-refractivity contribution in [3.8, 4) is 0 Å². The number of nitrogens with zero attached hydrogens (tertiary/aromatic N) is 4. The number of amides is 1. The molecule has 2 heterocycles. The van der Waals surface area contributed by atoms with Crippen molar-refractivity contribution in [1.82, 2.24) is 23.7 Å². The molecule has 0 aromatic heterocycles. The molecule has 2 aliphatic heterocycles. The van der Waals surface area contributed by atoms with E-state index in [0.29, 0.717) is 51.7 Å². The summed E-state index contributed by atoms with van der Waals surface area (Å²) >= 11 is 0. The van der Waals surface area contributed by atoms with Gasteiger partial charge < -0.3 is 10.2 Å². The summed E-state index contributed by atoms with van der Waals surface area (Å²) in [4.78, 5) is 17.0. The highest BCUT2D eigenvalue weighted by Crippen LogP contribution is 2.41. The highest BCUT2D eigenvalue weighted by molar-refractivity contribution is 7.86.